The van der Waals surface area contributed by atoms with Crippen molar-refractivity contribution >= 4 is 12.0 Å². The van der Waals surface area contributed by atoms with Gasteiger partial charge < -0.3 is 10.1 Å². The normalized spacial score (nSPS) is 18.7. The van der Waals surface area contributed by atoms with Crippen LogP contribution in [0.3, 0.4) is 0 Å². The predicted octanol–water partition coefficient (Wildman–Crippen LogP) is 3.08. The Morgan fingerprint density at radius 3 is 2.57 bits per heavy atom. The molecule has 0 spiro atoms. The van der Waals surface area contributed by atoms with Crippen molar-refractivity contribution < 1.29 is 14.3 Å². The van der Waals surface area contributed by atoms with Gasteiger partial charge in [0.1, 0.15) is 11.6 Å². The maximum atomic E-state index is 12.2. The van der Waals surface area contributed by atoms with Crippen LogP contribution in [0, 0.1) is 0 Å². The second-order valence-corrected chi connectivity index (χ2v) is 6.68. The average Bonchev–Trinajstić information content (AvgIpc) is 2.85. The summed E-state index contributed by atoms with van der Waals surface area (Å²) in [7, 11) is 0. The van der Waals surface area contributed by atoms with Gasteiger partial charge in [0.25, 0.3) is 0 Å². The van der Waals surface area contributed by atoms with Crippen LogP contribution in [0.5, 0.6) is 0 Å². The Morgan fingerprint density at radius 2 is 1.95 bits per heavy atom. The number of nitrogens with one attached hydrogen (secondary N) is 1. The molecule has 1 rings (SSSR count). The van der Waals surface area contributed by atoms with E-state index in [1.54, 1.807) is 4.90 Å². The minimum Gasteiger partial charge on any atom is -0.444 e. The maximum Gasteiger partial charge on any atom is 0.410 e. The van der Waals surface area contributed by atoms with E-state index in [0.717, 1.165) is 25.7 Å². The van der Waals surface area contributed by atoms with E-state index in [0.29, 0.717) is 13.1 Å². The molecule has 1 N–H and O–H groups in total. The van der Waals surface area contributed by atoms with Crippen LogP contribution in [-0.2, 0) is 9.53 Å². The molecule has 5 heteroatoms. The van der Waals surface area contributed by atoms with Gasteiger partial charge in [0, 0.05) is 13.1 Å². The Kier molecular flexibility index (Phi) is 6.99. The van der Waals surface area contributed by atoms with E-state index in [4.69, 9.17) is 4.74 Å². The quantitative estimate of drug-likeness (QED) is 0.767. The van der Waals surface area contributed by atoms with E-state index in [1.165, 1.54) is 12.8 Å². The summed E-state index contributed by atoms with van der Waals surface area (Å²) in [5, 5.41) is 2.94. The zero-order chi connectivity index (χ0) is 15.9. The number of hydrogen-bond acceptors (Lipinski definition) is 3. The molecular formula is C16H30N2O3. The first-order valence-electron chi connectivity index (χ1n) is 8.12. The van der Waals surface area contributed by atoms with Gasteiger partial charge in [-0.2, -0.15) is 0 Å². The molecule has 0 aromatic rings. The molecule has 1 fully saturated rings. The number of carbonyl (C=O) groups is 2. The third kappa shape index (κ3) is 6.36. The summed E-state index contributed by atoms with van der Waals surface area (Å²) in [4.78, 5) is 25.9. The van der Waals surface area contributed by atoms with Crippen LogP contribution in [0.4, 0.5) is 4.79 Å². The summed E-state index contributed by atoms with van der Waals surface area (Å²) >= 11 is 0. The zero-order valence-electron chi connectivity index (χ0n) is 13.9. The van der Waals surface area contributed by atoms with Crippen molar-refractivity contribution in [3.8, 4) is 0 Å². The van der Waals surface area contributed by atoms with Crippen molar-refractivity contribution in [2.45, 2.75) is 77.9 Å². The number of amides is 2. The molecule has 1 heterocycles. The minimum absolute atomic E-state index is 0.0464. The van der Waals surface area contributed by atoms with Crippen molar-refractivity contribution in [1.29, 1.82) is 0 Å². The second kappa shape index (κ2) is 8.25. The molecule has 0 radical (unpaired) electrons. The number of carbonyl (C=O) groups excluding carboxylic acids is 2. The highest BCUT2D eigenvalue weighted by Gasteiger charge is 2.36. The summed E-state index contributed by atoms with van der Waals surface area (Å²) in [6.07, 6.45) is 5.71. The molecule has 1 aliphatic heterocycles. The molecule has 0 saturated carbocycles. The van der Waals surface area contributed by atoms with Crippen LogP contribution in [0.25, 0.3) is 0 Å². The lowest BCUT2D eigenvalue weighted by Gasteiger charge is -2.28. The molecule has 0 aliphatic carbocycles. The van der Waals surface area contributed by atoms with E-state index < -0.39 is 5.60 Å². The molecule has 1 atom stereocenters. The number of unbranched alkanes of at least 4 members (excludes halogenated alkanes) is 3. The number of ether oxygens (including phenoxy) is 1. The maximum absolute atomic E-state index is 12.2. The van der Waals surface area contributed by atoms with Gasteiger partial charge in [-0.15, -0.1) is 0 Å². The number of likely N-dealkylation sites (tertiary alicyclic amines) is 1. The van der Waals surface area contributed by atoms with Gasteiger partial charge in [0.05, 0.1) is 0 Å². The van der Waals surface area contributed by atoms with Gasteiger partial charge in [0.2, 0.25) is 5.91 Å². The van der Waals surface area contributed by atoms with Crippen LogP contribution >= 0.6 is 0 Å². The summed E-state index contributed by atoms with van der Waals surface area (Å²) in [6, 6.07) is -0.369. The van der Waals surface area contributed by atoms with Crippen LogP contribution in [-0.4, -0.2) is 41.6 Å². The smallest absolute Gasteiger partial charge is 0.410 e. The standard InChI is InChI=1S/C16H30N2O3/c1-5-6-7-8-11-17-14(19)13-10-9-12-18(13)15(20)21-16(2,3)4/h13H,5-12H2,1-4H3,(H,17,19)/t13-/m0/s1. The van der Waals surface area contributed by atoms with Crippen LogP contribution < -0.4 is 5.32 Å². The highest BCUT2D eigenvalue weighted by Crippen LogP contribution is 2.20. The van der Waals surface area contributed by atoms with E-state index in [1.807, 2.05) is 20.8 Å². The van der Waals surface area contributed by atoms with E-state index in [2.05, 4.69) is 12.2 Å². The molecule has 1 aliphatic rings. The van der Waals surface area contributed by atoms with Gasteiger partial charge in [-0.1, -0.05) is 26.2 Å². The van der Waals surface area contributed by atoms with Crippen molar-refractivity contribution in [2.75, 3.05) is 13.1 Å². The first-order valence-corrected chi connectivity index (χ1v) is 8.12. The van der Waals surface area contributed by atoms with Crippen molar-refractivity contribution in [3.05, 3.63) is 0 Å². The molecular weight excluding hydrogens is 268 g/mol. The van der Waals surface area contributed by atoms with Gasteiger partial charge in [0.15, 0.2) is 0 Å². The van der Waals surface area contributed by atoms with Crippen LogP contribution in [0.15, 0.2) is 0 Å². The summed E-state index contributed by atoms with van der Waals surface area (Å²) in [5.74, 6) is -0.0464. The SMILES string of the molecule is CCCCCCNC(=O)[C@@H]1CCCN1C(=O)OC(C)(C)C. The molecule has 0 unspecified atom stereocenters. The molecule has 0 bridgehead atoms. The lowest BCUT2D eigenvalue weighted by atomic mass is 10.2. The average molecular weight is 298 g/mol. The summed E-state index contributed by atoms with van der Waals surface area (Å²) in [5.41, 5.74) is -0.527. The Balaban J connectivity index is 2.41. The van der Waals surface area contributed by atoms with E-state index >= 15 is 0 Å². The van der Waals surface area contributed by atoms with Crippen molar-refractivity contribution in [2.24, 2.45) is 0 Å². The minimum atomic E-state index is -0.527. The monoisotopic (exact) mass is 298 g/mol. The lowest BCUT2D eigenvalue weighted by molar-refractivity contribution is -0.125. The highest BCUT2D eigenvalue weighted by molar-refractivity contribution is 5.86. The molecule has 21 heavy (non-hydrogen) atoms. The summed E-state index contributed by atoms with van der Waals surface area (Å²) in [6.45, 7) is 8.97. The predicted molar refractivity (Wildman–Crippen MR) is 83.1 cm³/mol. The molecule has 5 nitrogen and oxygen atoms in total. The van der Waals surface area contributed by atoms with Gasteiger partial charge in [-0.05, 0) is 40.0 Å². The molecule has 2 amide bonds. The molecule has 0 aromatic carbocycles. The largest absolute Gasteiger partial charge is 0.444 e. The third-order valence-corrected chi connectivity index (χ3v) is 3.51. The van der Waals surface area contributed by atoms with Crippen molar-refractivity contribution in [1.82, 2.24) is 10.2 Å². The Labute approximate surface area is 128 Å². The van der Waals surface area contributed by atoms with Crippen LogP contribution in [0.1, 0.15) is 66.2 Å². The Hall–Kier alpha value is -1.26. The van der Waals surface area contributed by atoms with Gasteiger partial charge >= 0.3 is 6.09 Å². The number of hydrogen-bond donors (Lipinski definition) is 1. The Morgan fingerprint density at radius 1 is 1.24 bits per heavy atom. The fraction of sp³-hybridized carbons (Fsp3) is 0.875. The number of nitrogens with zero attached hydrogens (tertiary/aromatic N) is 1. The fourth-order valence-electron chi connectivity index (χ4n) is 2.46. The van der Waals surface area contributed by atoms with Crippen molar-refractivity contribution in [3.63, 3.8) is 0 Å². The number of rotatable bonds is 6. The van der Waals surface area contributed by atoms with E-state index in [-0.39, 0.29) is 18.0 Å². The first kappa shape index (κ1) is 17.8. The van der Waals surface area contributed by atoms with Crippen LogP contribution in [0.2, 0.25) is 0 Å². The molecule has 1 saturated heterocycles. The lowest BCUT2D eigenvalue weighted by Crippen LogP contribution is -2.47. The molecule has 0 aromatic heterocycles. The Bertz CT molecular complexity index is 350. The third-order valence-electron chi connectivity index (χ3n) is 3.51. The van der Waals surface area contributed by atoms with E-state index in [9.17, 15) is 9.59 Å². The fourth-order valence-corrected chi connectivity index (χ4v) is 2.46. The second-order valence-electron chi connectivity index (χ2n) is 6.68. The van der Waals surface area contributed by atoms with Gasteiger partial charge in [-0.3, -0.25) is 9.69 Å². The zero-order valence-corrected chi connectivity index (χ0v) is 13.9. The first-order chi connectivity index (χ1) is 9.85. The molecule has 122 valence electrons. The highest BCUT2D eigenvalue weighted by atomic mass is 16.6. The summed E-state index contributed by atoms with van der Waals surface area (Å²) < 4.78 is 5.37. The topological polar surface area (TPSA) is 58.6 Å². The van der Waals surface area contributed by atoms with Gasteiger partial charge in [-0.25, -0.2) is 4.79 Å².